The van der Waals surface area contributed by atoms with Crippen molar-refractivity contribution in [2.24, 2.45) is 5.92 Å². The summed E-state index contributed by atoms with van der Waals surface area (Å²) in [6.07, 6.45) is 1.92. The zero-order chi connectivity index (χ0) is 17.8. The molecular formula is C18H23N5O2. The number of benzene rings is 1. The second-order valence-electron chi connectivity index (χ2n) is 6.52. The van der Waals surface area contributed by atoms with Gasteiger partial charge in [-0.1, -0.05) is 29.8 Å². The second-order valence-corrected chi connectivity index (χ2v) is 6.52. The fraction of sp³-hybridized carbons (Fsp3) is 0.444. The van der Waals surface area contributed by atoms with Gasteiger partial charge in [-0.05, 0) is 19.4 Å². The maximum atomic E-state index is 12.3. The third kappa shape index (κ3) is 4.23. The minimum Gasteiger partial charge on any atom is -0.354 e. The van der Waals surface area contributed by atoms with Crippen LogP contribution >= 0.6 is 0 Å². The van der Waals surface area contributed by atoms with E-state index in [2.05, 4.69) is 15.5 Å². The van der Waals surface area contributed by atoms with Crippen molar-refractivity contribution in [2.75, 3.05) is 13.1 Å². The number of likely N-dealkylation sites (tertiary alicyclic amines) is 1. The smallest absolute Gasteiger partial charge is 0.225 e. The molecule has 1 aliphatic rings. The van der Waals surface area contributed by atoms with Crippen LogP contribution in [-0.4, -0.2) is 44.6 Å². The molecular weight excluding hydrogens is 318 g/mol. The minimum atomic E-state index is -0.278. The fourth-order valence-electron chi connectivity index (χ4n) is 2.99. The van der Waals surface area contributed by atoms with E-state index in [1.54, 1.807) is 11.2 Å². The van der Waals surface area contributed by atoms with E-state index in [1.165, 1.54) is 5.56 Å². The summed E-state index contributed by atoms with van der Waals surface area (Å²) >= 11 is 0. The first-order chi connectivity index (χ1) is 12.0. The number of aryl methyl sites for hydroxylation is 2. The number of rotatable bonds is 6. The summed E-state index contributed by atoms with van der Waals surface area (Å²) in [5, 5.41) is 10.6. The van der Waals surface area contributed by atoms with E-state index in [9.17, 15) is 9.59 Å². The normalized spacial score (nSPS) is 17.1. The van der Waals surface area contributed by atoms with Gasteiger partial charge in [-0.15, -0.1) is 10.2 Å². The lowest BCUT2D eigenvalue weighted by molar-refractivity contribution is -0.129. The lowest BCUT2D eigenvalue weighted by Gasteiger charge is -2.17. The highest BCUT2D eigenvalue weighted by Crippen LogP contribution is 2.20. The Labute approximate surface area is 147 Å². The molecule has 0 radical (unpaired) electrons. The number of hydrogen-bond donors (Lipinski definition) is 1. The van der Waals surface area contributed by atoms with E-state index < -0.39 is 0 Å². The monoisotopic (exact) mass is 341 g/mol. The fourth-order valence-corrected chi connectivity index (χ4v) is 2.99. The van der Waals surface area contributed by atoms with Crippen molar-refractivity contribution >= 4 is 11.8 Å². The Balaban J connectivity index is 1.48. The first-order valence-electron chi connectivity index (χ1n) is 8.48. The van der Waals surface area contributed by atoms with E-state index in [0.29, 0.717) is 26.2 Å². The summed E-state index contributed by atoms with van der Waals surface area (Å²) in [6, 6.07) is 8.12. The molecule has 132 valence electrons. The zero-order valence-corrected chi connectivity index (χ0v) is 14.6. The highest BCUT2D eigenvalue weighted by molar-refractivity contribution is 5.89. The van der Waals surface area contributed by atoms with Crippen LogP contribution in [0, 0.1) is 19.8 Å². The Morgan fingerprint density at radius 3 is 2.72 bits per heavy atom. The van der Waals surface area contributed by atoms with E-state index in [-0.39, 0.29) is 24.2 Å². The SMILES string of the molecule is Cc1ccc(CN2C[C@H](C(=O)NCCn3cnnc3C)CC2=O)cc1. The zero-order valence-electron chi connectivity index (χ0n) is 14.6. The standard InChI is InChI=1S/C18H23N5O2/c1-13-3-5-15(6-4-13)10-23-11-16(9-17(23)24)18(25)19-7-8-22-12-20-21-14(22)2/h3-6,12,16H,7-11H2,1-2H3,(H,19,25)/t16-/m1/s1. The van der Waals surface area contributed by atoms with Crippen LogP contribution < -0.4 is 5.32 Å². The van der Waals surface area contributed by atoms with Gasteiger partial charge in [0.15, 0.2) is 0 Å². The third-order valence-corrected chi connectivity index (χ3v) is 4.54. The van der Waals surface area contributed by atoms with Crippen LogP contribution in [0.25, 0.3) is 0 Å². The van der Waals surface area contributed by atoms with Crippen LogP contribution in [0.2, 0.25) is 0 Å². The van der Waals surface area contributed by atoms with E-state index >= 15 is 0 Å². The summed E-state index contributed by atoms with van der Waals surface area (Å²) in [7, 11) is 0. The molecule has 1 fully saturated rings. The number of aromatic nitrogens is 3. The molecule has 25 heavy (non-hydrogen) atoms. The van der Waals surface area contributed by atoms with Gasteiger partial charge in [-0.25, -0.2) is 0 Å². The molecule has 0 saturated carbocycles. The molecule has 0 spiro atoms. The number of nitrogens with zero attached hydrogens (tertiary/aromatic N) is 4. The van der Waals surface area contributed by atoms with Gasteiger partial charge in [0.05, 0.1) is 5.92 Å². The van der Waals surface area contributed by atoms with Gasteiger partial charge in [0, 0.05) is 32.6 Å². The summed E-state index contributed by atoms with van der Waals surface area (Å²) in [5.41, 5.74) is 2.28. The van der Waals surface area contributed by atoms with Crippen LogP contribution in [0.5, 0.6) is 0 Å². The lowest BCUT2D eigenvalue weighted by Crippen LogP contribution is -2.34. The highest BCUT2D eigenvalue weighted by atomic mass is 16.2. The van der Waals surface area contributed by atoms with Crippen LogP contribution in [-0.2, 0) is 22.7 Å². The molecule has 7 heteroatoms. The van der Waals surface area contributed by atoms with E-state index in [4.69, 9.17) is 0 Å². The van der Waals surface area contributed by atoms with Crippen molar-refractivity contribution in [1.82, 2.24) is 25.0 Å². The van der Waals surface area contributed by atoms with Gasteiger partial charge < -0.3 is 14.8 Å². The third-order valence-electron chi connectivity index (χ3n) is 4.54. The number of amides is 2. The number of carbonyl (C=O) groups excluding carboxylic acids is 2. The lowest BCUT2D eigenvalue weighted by atomic mass is 10.1. The molecule has 1 atom stereocenters. The van der Waals surface area contributed by atoms with Gasteiger partial charge in [0.1, 0.15) is 12.2 Å². The molecule has 3 rings (SSSR count). The predicted octanol–water partition coefficient (Wildman–Crippen LogP) is 1.06. The van der Waals surface area contributed by atoms with Crippen molar-refractivity contribution in [1.29, 1.82) is 0 Å². The van der Waals surface area contributed by atoms with Crippen molar-refractivity contribution in [2.45, 2.75) is 33.4 Å². The molecule has 1 aromatic carbocycles. The average molecular weight is 341 g/mol. The summed E-state index contributed by atoms with van der Waals surface area (Å²) in [6.45, 7) is 6.06. The molecule has 7 nitrogen and oxygen atoms in total. The molecule has 2 aromatic rings. The molecule has 2 heterocycles. The van der Waals surface area contributed by atoms with Gasteiger partial charge in [-0.2, -0.15) is 0 Å². The summed E-state index contributed by atoms with van der Waals surface area (Å²) < 4.78 is 1.88. The average Bonchev–Trinajstić information content (AvgIpc) is 3.16. The molecule has 2 amide bonds. The Bertz CT molecular complexity index is 753. The highest BCUT2D eigenvalue weighted by Gasteiger charge is 2.33. The van der Waals surface area contributed by atoms with Crippen LogP contribution in [0.4, 0.5) is 0 Å². The van der Waals surface area contributed by atoms with Gasteiger partial charge in [0.25, 0.3) is 0 Å². The molecule has 0 unspecified atom stereocenters. The van der Waals surface area contributed by atoms with Crippen molar-refractivity contribution in [3.8, 4) is 0 Å². The second kappa shape index (κ2) is 7.46. The van der Waals surface area contributed by atoms with E-state index in [0.717, 1.165) is 11.4 Å². The van der Waals surface area contributed by atoms with Crippen LogP contribution in [0.1, 0.15) is 23.4 Å². The van der Waals surface area contributed by atoms with Gasteiger partial charge in [0.2, 0.25) is 11.8 Å². The molecule has 0 bridgehead atoms. The number of carbonyl (C=O) groups is 2. The molecule has 1 aromatic heterocycles. The first kappa shape index (κ1) is 17.1. The predicted molar refractivity (Wildman–Crippen MR) is 92.5 cm³/mol. The minimum absolute atomic E-state index is 0.0374. The Hall–Kier alpha value is -2.70. The molecule has 0 aliphatic carbocycles. The molecule has 1 aliphatic heterocycles. The Morgan fingerprint density at radius 1 is 1.28 bits per heavy atom. The number of hydrogen-bond acceptors (Lipinski definition) is 4. The van der Waals surface area contributed by atoms with Crippen molar-refractivity contribution < 1.29 is 9.59 Å². The van der Waals surface area contributed by atoms with Crippen molar-refractivity contribution in [3.05, 3.63) is 47.5 Å². The first-order valence-corrected chi connectivity index (χ1v) is 8.48. The Morgan fingerprint density at radius 2 is 2.04 bits per heavy atom. The van der Waals surface area contributed by atoms with Crippen molar-refractivity contribution in [3.63, 3.8) is 0 Å². The topological polar surface area (TPSA) is 80.1 Å². The summed E-state index contributed by atoms with van der Waals surface area (Å²) in [5.74, 6) is 0.510. The van der Waals surface area contributed by atoms with Gasteiger partial charge in [-0.3, -0.25) is 9.59 Å². The molecule has 1 saturated heterocycles. The number of nitrogens with one attached hydrogen (secondary N) is 1. The van der Waals surface area contributed by atoms with Gasteiger partial charge >= 0.3 is 0 Å². The maximum absolute atomic E-state index is 12.3. The van der Waals surface area contributed by atoms with Crippen LogP contribution in [0.3, 0.4) is 0 Å². The van der Waals surface area contributed by atoms with Crippen LogP contribution in [0.15, 0.2) is 30.6 Å². The summed E-state index contributed by atoms with van der Waals surface area (Å²) in [4.78, 5) is 26.3. The maximum Gasteiger partial charge on any atom is 0.225 e. The quantitative estimate of drug-likeness (QED) is 0.852. The molecule has 1 N–H and O–H groups in total. The largest absolute Gasteiger partial charge is 0.354 e. The van der Waals surface area contributed by atoms with E-state index in [1.807, 2.05) is 42.7 Å². The Kier molecular flexibility index (Phi) is 5.11.